The highest BCUT2D eigenvalue weighted by atomic mass is 32.2. The second-order valence-electron chi connectivity index (χ2n) is 6.96. The van der Waals surface area contributed by atoms with Gasteiger partial charge in [0, 0.05) is 32.5 Å². The third-order valence-corrected chi connectivity index (χ3v) is 7.76. The smallest absolute Gasteiger partial charge is 0.251 e. The Hall–Kier alpha value is -1.74. The van der Waals surface area contributed by atoms with Crippen molar-refractivity contribution in [1.29, 1.82) is 0 Å². The van der Waals surface area contributed by atoms with Gasteiger partial charge in [0.15, 0.2) is 0 Å². The number of rotatable bonds is 7. The second kappa shape index (κ2) is 8.52. The molecule has 1 aliphatic rings. The van der Waals surface area contributed by atoms with E-state index in [4.69, 9.17) is 0 Å². The quantitative estimate of drug-likeness (QED) is 0.722. The number of carbonyl (C=O) groups is 1. The first-order valence-corrected chi connectivity index (χ1v) is 11.4. The number of amides is 1. The molecule has 1 saturated heterocycles. The van der Waals surface area contributed by atoms with Gasteiger partial charge in [0.2, 0.25) is 10.0 Å². The van der Waals surface area contributed by atoms with Gasteiger partial charge in [0.1, 0.15) is 6.04 Å². The Kier molecular flexibility index (Phi) is 6.31. The van der Waals surface area contributed by atoms with Crippen LogP contribution in [0.1, 0.15) is 34.1 Å². The van der Waals surface area contributed by atoms with Crippen LogP contribution in [0.3, 0.4) is 0 Å². The maximum Gasteiger partial charge on any atom is 0.251 e. The summed E-state index contributed by atoms with van der Waals surface area (Å²) in [7, 11) is -0.604. The summed E-state index contributed by atoms with van der Waals surface area (Å²) >= 11 is 1.72. The number of quaternary nitrogens is 1. The van der Waals surface area contributed by atoms with Crippen molar-refractivity contribution in [3.05, 3.63) is 52.2 Å². The summed E-state index contributed by atoms with van der Waals surface area (Å²) in [5.41, 5.74) is 0.360. The van der Waals surface area contributed by atoms with E-state index in [1.54, 1.807) is 23.5 Å². The third-order valence-electron chi connectivity index (χ3n) is 4.97. The number of nitrogens with zero attached hydrogens (tertiary/aromatic N) is 1. The fourth-order valence-electron chi connectivity index (χ4n) is 3.42. The van der Waals surface area contributed by atoms with E-state index >= 15 is 0 Å². The number of sulfonamides is 1. The van der Waals surface area contributed by atoms with Crippen molar-refractivity contribution >= 4 is 27.3 Å². The molecule has 2 heterocycles. The summed E-state index contributed by atoms with van der Waals surface area (Å²) in [6, 6.07) is 10.6. The highest BCUT2D eigenvalue weighted by Gasteiger charge is 2.28. The highest BCUT2D eigenvalue weighted by molar-refractivity contribution is 7.89. The molecular formula is C19H26N3O3S2+. The van der Waals surface area contributed by atoms with Gasteiger partial charge in [-0.25, -0.2) is 12.7 Å². The molecule has 2 N–H and O–H groups in total. The van der Waals surface area contributed by atoms with Crippen LogP contribution < -0.4 is 10.2 Å². The van der Waals surface area contributed by atoms with Crippen molar-refractivity contribution in [3.63, 3.8) is 0 Å². The molecule has 1 aromatic heterocycles. The average Bonchev–Trinajstić information content (AvgIpc) is 3.36. The summed E-state index contributed by atoms with van der Waals surface area (Å²) in [5.74, 6) is -0.244. The molecule has 6 nitrogen and oxygen atoms in total. The third kappa shape index (κ3) is 4.57. The fourth-order valence-corrected chi connectivity index (χ4v) is 5.25. The molecule has 146 valence electrons. The largest absolute Gasteiger partial charge is 0.346 e. The Morgan fingerprint density at radius 3 is 2.59 bits per heavy atom. The molecule has 0 aliphatic carbocycles. The summed E-state index contributed by atoms with van der Waals surface area (Å²) in [6.45, 7) is 2.78. The fraction of sp³-hybridized carbons (Fsp3) is 0.421. The molecule has 8 heteroatoms. The lowest BCUT2D eigenvalue weighted by molar-refractivity contribution is -0.918. The first kappa shape index (κ1) is 20.0. The van der Waals surface area contributed by atoms with Crippen molar-refractivity contribution in [3.8, 4) is 0 Å². The Morgan fingerprint density at radius 2 is 1.96 bits per heavy atom. The summed E-state index contributed by atoms with van der Waals surface area (Å²) in [4.78, 5) is 15.6. The van der Waals surface area contributed by atoms with E-state index in [1.807, 2.05) is 6.07 Å². The van der Waals surface area contributed by atoms with Gasteiger partial charge in [-0.05, 0) is 29.6 Å². The van der Waals surface area contributed by atoms with Crippen LogP contribution in [-0.2, 0) is 10.0 Å². The number of hydrogen-bond donors (Lipinski definition) is 2. The van der Waals surface area contributed by atoms with Crippen LogP contribution in [0.25, 0.3) is 0 Å². The maximum absolute atomic E-state index is 12.7. The average molecular weight is 409 g/mol. The highest BCUT2D eigenvalue weighted by Crippen LogP contribution is 2.18. The lowest BCUT2D eigenvalue weighted by Crippen LogP contribution is -3.11. The lowest BCUT2D eigenvalue weighted by Gasteiger charge is -2.24. The zero-order chi connectivity index (χ0) is 19.4. The van der Waals surface area contributed by atoms with Crippen LogP contribution in [0.4, 0.5) is 0 Å². The molecule has 1 fully saturated rings. The molecule has 27 heavy (non-hydrogen) atoms. The van der Waals surface area contributed by atoms with Gasteiger partial charge in [-0.15, -0.1) is 11.3 Å². The van der Waals surface area contributed by atoms with Gasteiger partial charge in [-0.1, -0.05) is 12.1 Å². The first-order chi connectivity index (χ1) is 12.9. The van der Waals surface area contributed by atoms with Crippen molar-refractivity contribution < 1.29 is 18.1 Å². The molecule has 0 spiro atoms. The van der Waals surface area contributed by atoms with Crippen molar-refractivity contribution in [1.82, 2.24) is 9.62 Å². The Labute approximate surface area is 164 Å². The summed E-state index contributed by atoms with van der Waals surface area (Å²) < 4.78 is 25.7. The van der Waals surface area contributed by atoms with Gasteiger partial charge >= 0.3 is 0 Å². The number of thiophene rings is 1. The maximum atomic E-state index is 12.7. The Balaban J connectivity index is 1.73. The number of hydrogen-bond acceptors (Lipinski definition) is 4. The molecule has 0 radical (unpaired) electrons. The van der Waals surface area contributed by atoms with E-state index in [-0.39, 0.29) is 16.8 Å². The zero-order valence-electron chi connectivity index (χ0n) is 15.6. The van der Waals surface area contributed by atoms with E-state index in [0.717, 1.165) is 17.4 Å². The molecule has 0 unspecified atom stereocenters. The van der Waals surface area contributed by atoms with Crippen LogP contribution in [0.15, 0.2) is 46.7 Å². The Bertz CT molecular complexity index is 873. The van der Waals surface area contributed by atoms with Gasteiger partial charge in [-0.3, -0.25) is 4.79 Å². The lowest BCUT2D eigenvalue weighted by atomic mass is 10.2. The van der Waals surface area contributed by atoms with E-state index in [1.165, 1.54) is 48.8 Å². The summed E-state index contributed by atoms with van der Waals surface area (Å²) in [6.07, 6.45) is 2.44. The molecule has 1 amide bonds. The molecule has 1 aliphatic heterocycles. The van der Waals surface area contributed by atoms with E-state index in [0.29, 0.717) is 12.1 Å². The number of likely N-dealkylation sites (tertiary alicyclic amines) is 1. The van der Waals surface area contributed by atoms with Gasteiger partial charge < -0.3 is 10.2 Å². The van der Waals surface area contributed by atoms with Crippen LogP contribution in [-0.4, -0.2) is 52.4 Å². The normalized spacial score (nSPS) is 16.6. The molecule has 1 atom stereocenters. The molecule has 2 aromatic rings. The van der Waals surface area contributed by atoms with E-state index in [9.17, 15) is 13.2 Å². The molecule has 1 aromatic carbocycles. The minimum Gasteiger partial charge on any atom is -0.346 e. The van der Waals surface area contributed by atoms with E-state index < -0.39 is 10.0 Å². The molecular weight excluding hydrogens is 382 g/mol. The molecule has 3 rings (SSSR count). The monoisotopic (exact) mass is 408 g/mol. The molecule has 0 bridgehead atoms. The predicted molar refractivity (Wildman–Crippen MR) is 107 cm³/mol. The van der Waals surface area contributed by atoms with Crippen molar-refractivity contribution in [2.24, 2.45) is 0 Å². The standard InChI is InChI=1S/C19H25N3O3S2/c1-21(2)27(24,25)16-8-5-7-15(13-16)19(23)20-14-17(18-9-6-12-26-18)22-10-3-4-11-22/h5-9,12-13,17H,3-4,10-11,14H2,1-2H3,(H,20,23)/p+1/t17-/m1/s1. The second-order valence-corrected chi connectivity index (χ2v) is 10.1. The number of carbonyl (C=O) groups excluding carboxylic acids is 1. The van der Waals surface area contributed by atoms with Crippen LogP contribution in [0, 0.1) is 0 Å². The number of nitrogens with one attached hydrogen (secondary N) is 2. The topological polar surface area (TPSA) is 70.9 Å². The molecule has 0 saturated carbocycles. The van der Waals surface area contributed by atoms with E-state index in [2.05, 4.69) is 16.8 Å². The Morgan fingerprint density at radius 1 is 1.22 bits per heavy atom. The van der Waals surface area contributed by atoms with Crippen LogP contribution >= 0.6 is 11.3 Å². The zero-order valence-corrected chi connectivity index (χ0v) is 17.3. The minimum atomic E-state index is -3.56. The van der Waals surface area contributed by atoms with Crippen molar-refractivity contribution in [2.75, 3.05) is 33.7 Å². The minimum absolute atomic E-state index is 0.125. The number of benzene rings is 1. The van der Waals surface area contributed by atoms with Crippen molar-refractivity contribution in [2.45, 2.75) is 23.8 Å². The summed E-state index contributed by atoms with van der Waals surface area (Å²) in [5, 5.41) is 5.08. The first-order valence-electron chi connectivity index (χ1n) is 9.08. The van der Waals surface area contributed by atoms with Gasteiger partial charge in [-0.2, -0.15) is 0 Å². The van der Waals surface area contributed by atoms with Crippen LogP contribution in [0.2, 0.25) is 0 Å². The SMILES string of the molecule is CN(C)S(=O)(=O)c1cccc(C(=O)NC[C@H](c2cccs2)[NH+]2CCCC2)c1. The van der Waals surface area contributed by atoms with Gasteiger partial charge in [0.05, 0.1) is 29.4 Å². The van der Waals surface area contributed by atoms with Gasteiger partial charge in [0.25, 0.3) is 5.91 Å². The van der Waals surface area contributed by atoms with Crippen LogP contribution in [0.5, 0.6) is 0 Å². The predicted octanol–water partition coefficient (Wildman–Crippen LogP) is 1.15.